The van der Waals surface area contributed by atoms with Gasteiger partial charge in [0.15, 0.2) is 0 Å². The highest BCUT2D eigenvalue weighted by Gasteiger charge is 2.16. The van der Waals surface area contributed by atoms with Gasteiger partial charge in [-0.25, -0.2) is 8.42 Å². The molecule has 2 rings (SSSR count). The van der Waals surface area contributed by atoms with Gasteiger partial charge in [0.2, 0.25) is 10.0 Å². The minimum absolute atomic E-state index is 0.0328. The van der Waals surface area contributed by atoms with E-state index in [0.29, 0.717) is 11.4 Å². The predicted molar refractivity (Wildman–Crippen MR) is 85.0 cm³/mol. The number of rotatable bonds is 7. The third-order valence-electron chi connectivity index (χ3n) is 3.23. The first-order chi connectivity index (χ1) is 10.4. The number of aliphatic hydroxyl groups excluding tert-OH is 1. The molecule has 7 heteroatoms. The molecular formula is C15H20N2O4S. The van der Waals surface area contributed by atoms with Crippen molar-refractivity contribution in [2.45, 2.75) is 19.0 Å². The molecule has 6 nitrogen and oxygen atoms in total. The first-order valence-corrected chi connectivity index (χ1v) is 8.76. The molecule has 0 aliphatic carbocycles. The van der Waals surface area contributed by atoms with Gasteiger partial charge in [-0.1, -0.05) is 12.1 Å². The molecule has 0 bridgehead atoms. The first-order valence-electron chi connectivity index (χ1n) is 6.87. The molecule has 0 aliphatic rings. The van der Waals surface area contributed by atoms with Crippen LogP contribution in [0.3, 0.4) is 0 Å². The van der Waals surface area contributed by atoms with E-state index in [1.165, 1.54) is 0 Å². The summed E-state index contributed by atoms with van der Waals surface area (Å²) < 4.78 is 30.1. The van der Waals surface area contributed by atoms with Crippen LogP contribution in [0, 0.1) is 0 Å². The number of sulfonamides is 1. The number of aliphatic hydroxyl groups is 1. The fraction of sp³-hybridized carbons (Fsp3) is 0.333. The average molecular weight is 324 g/mol. The zero-order valence-electron chi connectivity index (χ0n) is 12.5. The highest BCUT2D eigenvalue weighted by molar-refractivity contribution is 7.92. The quantitative estimate of drug-likeness (QED) is 0.725. The van der Waals surface area contributed by atoms with E-state index in [0.717, 1.165) is 11.8 Å². The Bertz CT molecular complexity index is 681. The normalized spacial score (nSPS) is 14.5. The molecule has 1 aromatic heterocycles. The molecule has 0 aliphatic heterocycles. The fourth-order valence-electron chi connectivity index (χ4n) is 2.17. The number of hydrogen-bond acceptors (Lipinski definition) is 5. The summed E-state index contributed by atoms with van der Waals surface area (Å²) in [7, 11) is -3.27. The summed E-state index contributed by atoms with van der Waals surface area (Å²) in [6, 6.07) is 10.3. The number of hydrogen-bond donors (Lipinski definition) is 3. The highest BCUT2D eigenvalue weighted by atomic mass is 32.2. The van der Waals surface area contributed by atoms with Crippen LogP contribution in [0.2, 0.25) is 0 Å². The van der Waals surface area contributed by atoms with Gasteiger partial charge >= 0.3 is 0 Å². The molecule has 0 fully saturated rings. The van der Waals surface area contributed by atoms with E-state index in [4.69, 9.17) is 4.42 Å². The SMILES string of the molecule is CC(NC(CO)c1ccco1)c1ccc(NS(C)(=O)=O)cc1. The maximum Gasteiger partial charge on any atom is 0.229 e. The van der Waals surface area contributed by atoms with Gasteiger partial charge in [-0.15, -0.1) is 0 Å². The van der Waals surface area contributed by atoms with Crippen LogP contribution in [-0.2, 0) is 10.0 Å². The third kappa shape index (κ3) is 4.59. The summed E-state index contributed by atoms with van der Waals surface area (Å²) in [6.45, 7) is 1.89. The fourth-order valence-corrected chi connectivity index (χ4v) is 2.73. The van der Waals surface area contributed by atoms with Crippen molar-refractivity contribution in [1.82, 2.24) is 5.32 Å². The van der Waals surface area contributed by atoms with E-state index in [-0.39, 0.29) is 18.7 Å². The standard InChI is InChI=1S/C15H20N2O4S/c1-11(16-14(10-18)15-4-3-9-21-15)12-5-7-13(8-6-12)17-22(2,19)20/h3-9,11,14,16-18H,10H2,1-2H3. The van der Waals surface area contributed by atoms with Gasteiger partial charge in [0, 0.05) is 11.7 Å². The molecule has 2 aromatic rings. The Balaban J connectivity index is 2.04. The number of nitrogens with one attached hydrogen (secondary N) is 2. The van der Waals surface area contributed by atoms with Crippen LogP contribution in [0.4, 0.5) is 5.69 Å². The van der Waals surface area contributed by atoms with Gasteiger partial charge in [0.1, 0.15) is 5.76 Å². The van der Waals surface area contributed by atoms with E-state index in [1.54, 1.807) is 30.5 Å². The average Bonchev–Trinajstić information content (AvgIpc) is 2.97. The molecule has 22 heavy (non-hydrogen) atoms. The molecule has 0 saturated carbocycles. The van der Waals surface area contributed by atoms with Crippen LogP contribution in [0.15, 0.2) is 47.1 Å². The Kier molecular flexibility index (Phi) is 5.23. The minimum Gasteiger partial charge on any atom is -0.468 e. The van der Waals surface area contributed by atoms with Crippen molar-refractivity contribution in [3.8, 4) is 0 Å². The van der Waals surface area contributed by atoms with Gasteiger partial charge in [-0.3, -0.25) is 10.0 Å². The van der Waals surface area contributed by atoms with Crippen LogP contribution in [0.5, 0.6) is 0 Å². The van der Waals surface area contributed by atoms with Crippen LogP contribution in [-0.4, -0.2) is 26.4 Å². The lowest BCUT2D eigenvalue weighted by Gasteiger charge is -2.20. The van der Waals surface area contributed by atoms with Crippen molar-refractivity contribution in [1.29, 1.82) is 0 Å². The van der Waals surface area contributed by atoms with Crippen LogP contribution >= 0.6 is 0 Å². The Morgan fingerprint density at radius 3 is 2.41 bits per heavy atom. The van der Waals surface area contributed by atoms with Crippen molar-refractivity contribution < 1.29 is 17.9 Å². The second-order valence-electron chi connectivity index (χ2n) is 5.14. The van der Waals surface area contributed by atoms with Crippen LogP contribution in [0.25, 0.3) is 0 Å². The molecule has 3 N–H and O–H groups in total. The van der Waals surface area contributed by atoms with Crippen molar-refractivity contribution >= 4 is 15.7 Å². The van der Waals surface area contributed by atoms with E-state index in [9.17, 15) is 13.5 Å². The lowest BCUT2D eigenvalue weighted by atomic mass is 10.1. The lowest BCUT2D eigenvalue weighted by Crippen LogP contribution is -2.27. The molecule has 120 valence electrons. The summed E-state index contributed by atoms with van der Waals surface area (Å²) in [5.41, 5.74) is 1.49. The van der Waals surface area contributed by atoms with E-state index in [1.807, 2.05) is 19.1 Å². The minimum atomic E-state index is -3.27. The molecule has 2 atom stereocenters. The largest absolute Gasteiger partial charge is 0.468 e. The Morgan fingerprint density at radius 2 is 1.91 bits per heavy atom. The summed E-state index contributed by atoms with van der Waals surface area (Å²) in [4.78, 5) is 0. The second-order valence-corrected chi connectivity index (χ2v) is 6.88. The zero-order chi connectivity index (χ0) is 16.2. The van der Waals surface area contributed by atoms with Crippen molar-refractivity contribution in [2.24, 2.45) is 0 Å². The van der Waals surface area contributed by atoms with Crippen molar-refractivity contribution in [3.05, 3.63) is 54.0 Å². The highest BCUT2D eigenvalue weighted by Crippen LogP contribution is 2.21. The topological polar surface area (TPSA) is 91.6 Å². The van der Waals surface area contributed by atoms with E-state index in [2.05, 4.69) is 10.0 Å². The zero-order valence-corrected chi connectivity index (χ0v) is 13.3. The van der Waals surface area contributed by atoms with Crippen LogP contribution in [0.1, 0.15) is 30.3 Å². The smallest absolute Gasteiger partial charge is 0.229 e. The predicted octanol–water partition coefficient (Wildman–Crippen LogP) is 2.04. The van der Waals surface area contributed by atoms with Crippen molar-refractivity contribution in [2.75, 3.05) is 17.6 Å². The van der Waals surface area contributed by atoms with E-state index < -0.39 is 10.0 Å². The number of furan rings is 1. The summed E-state index contributed by atoms with van der Waals surface area (Å²) in [6.07, 6.45) is 2.68. The Labute approximate surface area is 130 Å². The Morgan fingerprint density at radius 1 is 1.23 bits per heavy atom. The second kappa shape index (κ2) is 6.95. The number of anilines is 1. The maximum absolute atomic E-state index is 11.2. The summed E-state index contributed by atoms with van der Waals surface area (Å²) in [5.74, 6) is 0.671. The van der Waals surface area contributed by atoms with Crippen LogP contribution < -0.4 is 10.0 Å². The molecule has 0 amide bonds. The monoisotopic (exact) mass is 324 g/mol. The van der Waals surface area contributed by atoms with Gasteiger partial charge < -0.3 is 9.52 Å². The maximum atomic E-state index is 11.2. The lowest BCUT2D eigenvalue weighted by molar-refractivity contribution is 0.217. The third-order valence-corrected chi connectivity index (χ3v) is 3.84. The van der Waals surface area contributed by atoms with Gasteiger partial charge in [-0.2, -0.15) is 0 Å². The molecule has 0 spiro atoms. The first kappa shape index (κ1) is 16.5. The molecule has 1 aromatic carbocycles. The Hall–Kier alpha value is -1.83. The number of benzene rings is 1. The molecular weight excluding hydrogens is 304 g/mol. The molecule has 0 saturated heterocycles. The summed E-state index contributed by atoms with van der Waals surface area (Å²) in [5, 5.41) is 12.7. The van der Waals surface area contributed by atoms with Gasteiger partial charge in [-0.05, 0) is 36.8 Å². The van der Waals surface area contributed by atoms with Crippen molar-refractivity contribution in [3.63, 3.8) is 0 Å². The molecule has 2 unspecified atom stereocenters. The van der Waals surface area contributed by atoms with E-state index >= 15 is 0 Å². The summed E-state index contributed by atoms with van der Waals surface area (Å²) >= 11 is 0. The van der Waals surface area contributed by atoms with Gasteiger partial charge in [0.05, 0.1) is 25.2 Å². The molecule has 1 heterocycles. The van der Waals surface area contributed by atoms with Gasteiger partial charge in [0.25, 0.3) is 0 Å². The molecule has 0 radical (unpaired) electrons.